The van der Waals surface area contributed by atoms with Gasteiger partial charge in [0.15, 0.2) is 6.10 Å². The van der Waals surface area contributed by atoms with Gasteiger partial charge in [-0.3, -0.25) is 4.98 Å². The molecule has 0 saturated heterocycles. The van der Waals surface area contributed by atoms with Crippen LogP contribution in [0.15, 0.2) is 24.4 Å². The Morgan fingerprint density at radius 3 is 2.43 bits per heavy atom. The zero-order valence-corrected chi connectivity index (χ0v) is 13.7. The largest absolute Gasteiger partial charge is 0.438 e. The minimum absolute atomic E-state index is 0.246. The second-order valence-corrected chi connectivity index (χ2v) is 5.60. The van der Waals surface area contributed by atoms with Crippen LogP contribution in [0.1, 0.15) is 32.7 Å². The number of carbonyl (C=O) groups excluding carboxylic acids is 1. The normalized spacial score (nSPS) is 12.0. The molecule has 8 heteroatoms. The Morgan fingerprint density at radius 2 is 1.87 bits per heavy atom. The zero-order valence-electron chi connectivity index (χ0n) is 13.7. The minimum Gasteiger partial charge on any atom is -0.438 e. The second-order valence-electron chi connectivity index (χ2n) is 5.60. The fraction of sp³-hybridized carbons (Fsp3) is 0.467. The van der Waals surface area contributed by atoms with Gasteiger partial charge in [-0.25, -0.2) is 4.79 Å². The number of aromatic nitrogens is 5. The van der Waals surface area contributed by atoms with Crippen LogP contribution in [0, 0.1) is 5.92 Å². The summed E-state index contributed by atoms with van der Waals surface area (Å²) >= 11 is 0. The van der Waals surface area contributed by atoms with Crippen molar-refractivity contribution in [2.45, 2.75) is 26.9 Å². The maximum Gasteiger partial charge on any atom is 0.410 e. The van der Waals surface area contributed by atoms with Crippen molar-refractivity contribution in [3.8, 4) is 11.5 Å². The van der Waals surface area contributed by atoms with Gasteiger partial charge < -0.3 is 9.64 Å². The van der Waals surface area contributed by atoms with E-state index in [0.717, 1.165) is 0 Å². The van der Waals surface area contributed by atoms with E-state index >= 15 is 0 Å². The van der Waals surface area contributed by atoms with Gasteiger partial charge in [0, 0.05) is 19.8 Å². The number of pyridine rings is 1. The number of amides is 1. The van der Waals surface area contributed by atoms with Gasteiger partial charge in [0.1, 0.15) is 5.69 Å². The third-order valence-electron chi connectivity index (χ3n) is 2.98. The van der Waals surface area contributed by atoms with Crippen LogP contribution in [0.3, 0.4) is 0 Å². The molecule has 0 aliphatic heterocycles. The summed E-state index contributed by atoms with van der Waals surface area (Å²) < 4.78 is 5.31. The van der Waals surface area contributed by atoms with E-state index in [-0.39, 0.29) is 5.82 Å². The smallest absolute Gasteiger partial charge is 0.410 e. The molecule has 0 radical (unpaired) electrons. The van der Waals surface area contributed by atoms with Crippen LogP contribution in [0.5, 0.6) is 0 Å². The fourth-order valence-corrected chi connectivity index (χ4v) is 1.91. The summed E-state index contributed by atoms with van der Waals surface area (Å²) in [7, 11) is 1.69. The van der Waals surface area contributed by atoms with E-state index in [2.05, 4.69) is 25.4 Å². The van der Waals surface area contributed by atoms with Gasteiger partial charge in [0.2, 0.25) is 11.6 Å². The molecule has 2 heterocycles. The molecule has 2 rings (SSSR count). The summed E-state index contributed by atoms with van der Waals surface area (Å²) in [6.07, 6.45) is 0.583. The summed E-state index contributed by atoms with van der Waals surface area (Å²) in [5.74, 6) is 0.931. The highest BCUT2D eigenvalue weighted by Gasteiger charge is 2.19. The highest BCUT2D eigenvalue weighted by atomic mass is 16.6. The monoisotopic (exact) mass is 316 g/mol. The molecule has 1 unspecified atom stereocenters. The van der Waals surface area contributed by atoms with Gasteiger partial charge in [0.05, 0.1) is 0 Å². The van der Waals surface area contributed by atoms with Crippen molar-refractivity contribution in [3.63, 3.8) is 0 Å². The van der Waals surface area contributed by atoms with Crippen LogP contribution >= 0.6 is 0 Å². The average Bonchev–Trinajstić information content (AvgIpc) is 2.55. The third-order valence-corrected chi connectivity index (χ3v) is 2.98. The molecule has 0 bridgehead atoms. The third kappa shape index (κ3) is 4.67. The quantitative estimate of drug-likeness (QED) is 0.833. The van der Waals surface area contributed by atoms with Gasteiger partial charge in [-0.2, -0.15) is 0 Å². The number of nitrogens with zero attached hydrogens (tertiary/aromatic N) is 6. The van der Waals surface area contributed by atoms with Gasteiger partial charge in [-0.05, 0) is 25.0 Å². The molecule has 1 amide bonds. The number of ether oxygens (including phenoxy) is 1. The van der Waals surface area contributed by atoms with E-state index in [0.29, 0.717) is 24.0 Å². The molecule has 23 heavy (non-hydrogen) atoms. The maximum atomic E-state index is 11.9. The standard InChI is InChI=1S/C15H20N6O2/c1-10(2)9-21(4)15(22)23-11(3)13-17-19-14(20-18-13)12-7-5-6-8-16-12/h5-8,10-11H,9H2,1-4H3. The number of carbonyl (C=O) groups is 1. The second kappa shape index (κ2) is 7.57. The summed E-state index contributed by atoms with van der Waals surface area (Å²) in [5, 5.41) is 15.9. The van der Waals surface area contributed by atoms with Gasteiger partial charge in [-0.15, -0.1) is 20.4 Å². The molecule has 0 N–H and O–H groups in total. The SMILES string of the molecule is CC(C)CN(C)C(=O)OC(C)c1nnc(-c2ccccn2)nn1. The lowest BCUT2D eigenvalue weighted by molar-refractivity contribution is 0.0693. The molecule has 0 saturated carbocycles. The summed E-state index contributed by atoms with van der Waals surface area (Å²) in [5.41, 5.74) is 0.584. The first kappa shape index (κ1) is 16.7. The van der Waals surface area contributed by atoms with E-state index < -0.39 is 12.2 Å². The number of hydrogen-bond donors (Lipinski definition) is 0. The average molecular weight is 316 g/mol. The molecule has 2 aromatic heterocycles. The van der Waals surface area contributed by atoms with Crippen molar-refractivity contribution in [2.24, 2.45) is 5.92 Å². The van der Waals surface area contributed by atoms with E-state index in [4.69, 9.17) is 4.74 Å². The molecule has 2 aromatic rings. The van der Waals surface area contributed by atoms with Crippen molar-refractivity contribution in [2.75, 3.05) is 13.6 Å². The first-order valence-electron chi connectivity index (χ1n) is 7.37. The van der Waals surface area contributed by atoms with Crippen molar-refractivity contribution >= 4 is 6.09 Å². The van der Waals surface area contributed by atoms with Crippen LogP contribution in [0.25, 0.3) is 11.5 Å². The molecular weight excluding hydrogens is 296 g/mol. The van der Waals surface area contributed by atoms with Gasteiger partial charge >= 0.3 is 6.09 Å². The van der Waals surface area contributed by atoms with Crippen molar-refractivity contribution < 1.29 is 9.53 Å². The van der Waals surface area contributed by atoms with Gasteiger partial charge in [-0.1, -0.05) is 19.9 Å². The van der Waals surface area contributed by atoms with E-state index in [1.807, 2.05) is 19.9 Å². The van der Waals surface area contributed by atoms with E-state index in [1.165, 1.54) is 4.90 Å². The fourth-order valence-electron chi connectivity index (χ4n) is 1.91. The van der Waals surface area contributed by atoms with Crippen LogP contribution in [-0.4, -0.2) is 50.0 Å². The molecule has 1 atom stereocenters. The predicted molar refractivity (Wildman–Crippen MR) is 83.2 cm³/mol. The Kier molecular flexibility index (Phi) is 5.51. The van der Waals surface area contributed by atoms with Crippen LogP contribution in [0.4, 0.5) is 4.79 Å². The Morgan fingerprint density at radius 1 is 1.17 bits per heavy atom. The van der Waals surface area contributed by atoms with Crippen LogP contribution in [-0.2, 0) is 4.74 Å². The highest BCUT2D eigenvalue weighted by Crippen LogP contribution is 2.14. The first-order chi connectivity index (χ1) is 11.0. The molecular formula is C15H20N6O2. The summed E-state index contributed by atoms with van der Waals surface area (Å²) in [6, 6.07) is 5.39. The summed E-state index contributed by atoms with van der Waals surface area (Å²) in [4.78, 5) is 17.6. The van der Waals surface area contributed by atoms with Crippen LogP contribution in [0.2, 0.25) is 0 Å². The minimum atomic E-state index is -0.630. The van der Waals surface area contributed by atoms with E-state index in [9.17, 15) is 4.79 Å². The molecule has 0 spiro atoms. The Labute approximate surface area is 134 Å². The molecule has 0 aromatic carbocycles. The lowest BCUT2D eigenvalue weighted by Gasteiger charge is -2.20. The molecule has 0 aliphatic rings. The topological polar surface area (TPSA) is 94.0 Å². The lowest BCUT2D eigenvalue weighted by atomic mass is 10.2. The first-order valence-corrected chi connectivity index (χ1v) is 7.37. The van der Waals surface area contributed by atoms with Gasteiger partial charge in [0.25, 0.3) is 0 Å². The van der Waals surface area contributed by atoms with Crippen molar-refractivity contribution in [1.82, 2.24) is 30.3 Å². The molecule has 8 nitrogen and oxygen atoms in total. The Hall–Kier alpha value is -2.64. The lowest BCUT2D eigenvalue weighted by Crippen LogP contribution is -2.31. The number of hydrogen-bond acceptors (Lipinski definition) is 7. The predicted octanol–water partition coefficient (Wildman–Crippen LogP) is 2.11. The highest BCUT2D eigenvalue weighted by molar-refractivity contribution is 5.67. The maximum absolute atomic E-state index is 11.9. The molecule has 0 aliphatic carbocycles. The van der Waals surface area contributed by atoms with E-state index in [1.54, 1.807) is 32.3 Å². The van der Waals surface area contributed by atoms with Crippen molar-refractivity contribution in [1.29, 1.82) is 0 Å². The number of rotatable bonds is 5. The summed E-state index contributed by atoms with van der Waals surface area (Å²) in [6.45, 7) is 6.35. The zero-order chi connectivity index (χ0) is 16.8. The van der Waals surface area contributed by atoms with Crippen LogP contribution < -0.4 is 0 Å². The van der Waals surface area contributed by atoms with Crippen molar-refractivity contribution in [3.05, 3.63) is 30.2 Å². The molecule has 0 fully saturated rings. The Bertz CT molecular complexity index is 632. The Balaban J connectivity index is 2.00. The molecule has 122 valence electrons.